The molecule has 2 N–H and O–H groups in total. The van der Waals surface area contributed by atoms with Crippen LogP contribution in [0.25, 0.3) is 11.0 Å². The molecule has 2 nitrogen and oxygen atoms in total. The highest BCUT2D eigenvalue weighted by atomic mass is 32.2. The van der Waals surface area contributed by atoms with Gasteiger partial charge in [-0.2, -0.15) is 0 Å². The lowest BCUT2D eigenvalue weighted by atomic mass is 10.2. The first-order chi connectivity index (χ1) is 6.29. The van der Waals surface area contributed by atoms with Crippen molar-refractivity contribution in [2.24, 2.45) is 0 Å². The monoisotopic (exact) mass is 193 g/mol. The molecule has 0 aliphatic carbocycles. The van der Waals surface area contributed by atoms with Gasteiger partial charge in [0.15, 0.2) is 11.0 Å². The summed E-state index contributed by atoms with van der Waals surface area (Å²) in [6.45, 7) is 4.25. The normalized spacial score (nSPS) is 10.9. The average Bonchev–Trinajstić information content (AvgIpc) is 2.46. The highest BCUT2D eigenvalue weighted by molar-refractivity contribution is 7.99. The second-order valence-electron chi connectivity index (χ2n) is 3.06. The van der Waals surface area contributed by atoms with Crippen molar-refractivity contribution in [2.45, 2.75) is 19.0 Å². The zero-order valence-electron chi connectivity index (χ0n) is 7.85. The summed E-state index contributed by atoms with van der Waals surface area (Å²) in [5, 5.41) is 1.14. The molecule has 0 atom stereocenters. The molecule has 68 valence electrons. The average molecular weight is 193 g/mol. The lowest BCUT2D eigenvalue weighted by Crippen LogP contribution is -2.00. The number of thioether (sulfide) groups is 1. The standard InChI is InChI=1S/C10H12N2S/c1-3-13-10-11-8-5-4-7(2)6-9(8)12-10/h4-6H,3H2,1-2H3,(H,11,12)/p+1. The van der Waals surface area contributed by atoms with Crippen molar-refractivity contribution in [2.75, 3.05) is 5.75 Å². The third-order valence-electron chi connectivity index (χ3n) is 1.96. The third kappa shape index (κ3) is 1.70. The van der Waals surface area contributed by atoms with E-state index in [1.165, 1.54) is 16.6 Å². The number of rotatable bonds is 2. The van der Waals surface area contributed by atoms with E-state index in [2.05, 4.69) is 42.0 Å². The topological polar surface area (TPSA) is 29.9 Å². The number of nitrogens with one attached hydrogen (secondary N) is 2. The van der Waals surface area contributed by atoms with Crippen LogP contribution < -0.4 is 4.98 Å². The maximum Gasteiger partial charge on any atom is 0.314 e. The van der Waals surface area contributed by atoms with Crippen molar-refractivity contribution in [1.29, 1.82) is 0 Å². The summed E-state index contributed by atoms with van der Waals surface area (Å²) in [6, 6.07) is 6.39. The Balaban J connectivity index is 2.49. The number of imidazole rings is 1. The van der Waals surface area contributed by atoms with Crippen LogP contribution in [0.1, 0.15) is 12.5 Å². The van der Waals surface area contributed by atoms with E-state index in [1.54, 1.807) is 11.8 Å². The molecule has 1 heterocycles. The van der Waals surface area contributed by atoms with E-state index < -0.39 is 0 Å². The zero-order chi connectivity index (χ0) is 9.26. The summed E-state index contributed by atoms with van der Waals surface area (Å²) in [4.78, 5) is 6.68. The number of hydrogen-bond donors (Lipinski definition) is 1. The molecule has 1 aromatic carbocycles. The van der Waals surface area contributed by atoms with Gasteiger partial charge in [-0.15, -0.1) is 0 Å². The molecule has 1 aromatic heterocycles. The summed E-state index contributed by atoms with van der Waals surface area (Å²) in [7, 11) is 0. The SMILES string of the molecule is CCSc1[nH]c2cc(C)ccc2[nH+]1. The van der Waals surface area contributed by atoms with Gasteiger partial charge >= 0.3 is 5.16 Å². The summed E-state index contributed by atoms with van der Waals surface area (Å²) >= 11 is 1.80. The molecule has 0 amide bonds. The van der Waals surface area contributed by atoms with Gasteiger partial charge in [-0.3, -0.25) is 0 Å². The maximum atomic E-state index is 3.34. The van der Waals surface area contributed by atoms with Gasteiger partial charge in [0.2, 0.25) is 0 Å². The van der Waals surface area contributed by atoms with E-state index in [0.29, 0.717) is 0 Å². The second kappa shape index (κ2) is 3.42. The third-order valence-corrected chi connectivity index (χ3v) is 2.74. The lowest BCUT2D eigenvalue weighted by Gasteiger charge is -1.85. The van der Waals surface area contributed by atoms with E-state index >= 15 is 0 Å². The molecule has 0 unspecified atom stereocenters. The van der Waals surface area contributed by atoms with E-state index in [0.717, 1.165) is 10.9 Å². The molecule has 2 rings (SSSR count). The molecular formula is C10H13N2S+. The van der Waals surface area contributed by atoms with Gasteiger partial charge in [-0.1, -0.05) is 13.0 Å². The first-order valence-electron chi connectivity index (χ1n) is 4.44. The van der Waals surface area contributed by atoms with Crippen LogP contribution in [0.2, 0.25) is 0 Å². The first kappa shape index (κ1) is 8.63. The van der Waals surface area contributed by atoms with E-state index in [-0.39, 0.29) is 0 Å². The number of H-pyrrole nitrogens is 2. The Labute approximate surface area is 81.8 Å². The Hall–Kier alpha value is -0.960. The van der Waals surface area contributed by atoms with Crippen molar-refractivity contribution in [1.82, 2.24) is 4.98 Å². The molecule has 3 heteroatoms. The molecule has 2 aromatic rings. The number of fused-ring (bicyclic) bond motifs is 1. The van der Waals surface area contributed by atoms with Crippen LogP contribution in [0.4, 0.5) is 0 Å². The molecule has 0 aliphatic rings. The molecule has 0 fully saturated rings. The van der Waals surface area contributed by atoms with Gasteiger partial charge in [0.1, 0.15) is 0 Å². The van der Waals surface area contributed by atoms with Gasteiger partial charge < -0.3 is 0 Å². The number of aromatic nitrogens is 2. The quantitative estimate of drug-likeness (QED) is 0.729. The minimum Gasteiger partial charge on any atom is -0.231 e. The fourth-order valence-corrected chi connectivity index (χ4v) is 2.02. The molecule has 0 saturated carbocycles. The van der Waals surface area contributed by atoms with Gasteiger partial charge in [0, 0.05) is 5.75 Å². The van der Waals surface area contributed by atoms with Crippen LogP contribution in [-0.4, -0.2) is 10.7 Å². The summed E-state index contributed by atoms with van der Waals surface area (Å²) < 4.78 is 0. The van der Waals surface area contributed by atoms with Crippen molar-refractivity contribution < 1.29 is 4.98 Å². The molecule has 13 heavy (non-hydrogen) atoms. The van der Waals surface area contributed by atoms with Crippen LogP contribution in [-0.2, 0) is 0 Å². The predicted octanol–water partition coefficient (Wildman–Crippen LogP) is 2.40. The fourth-order valence-electron chi connectivity index (χ4n) is 1.36. The number of aryl methyl sites for hydroxylation is 1. The fraction of sp³-hybridized carbons (Fsp3) is 0.300. The molecule has 0 radical (unpaired) electrons. The Kier molecular flexibility index (Phi) is 2.27. The highest BCUT2D eigenvalue weighted by Crippen LogP contribution is 2.15. The van der Waals surface area contributed by atoms with E-state index in [4.69, 9.17) is 0 Å². The summed E-state index contributed by atoms with van der Waals surface area (Å²) in [5.74, 6) is 1.09. The van der Waals surface area contributed by atoms with Crippen molar-refractivity contribution >= 4 is 22.8 Å². The van der Waals surface area contributed by atoms with Gasteiger partial charge in [0.05, 0.1) is 0 Å². The van der Waals surface area contributed by atoms with Crippen molar-refractivity contribution in [3.8, 4) is 0 Å². The van der Waals surface area contributed by atoms with Gasteiger partial charge in [-0.05, 0) is 36.4 Å². The Bertz CT molecular complexity index is 420. The number of aromatic amines is 2. The molecular weight excluding hydrogens is 180 g/mol. The number of benzene rings is 1. The summed E-state index contributed by atoms with van der Waals surface area (Å²) in [6.07, 6.45) is 0. The number of hydrogen-bond acceptors (Lipinski definition) is 1. The zero-order valence-corrected chi connectivity index (χ0v) is 8.66. The van der Waals surface area contributed by atoms with Crippen molar-refractivity contribution in [3.05, 3.63) is 23.8 Å². The summed E-state index contributed by atoms with van der Waals surface area (Å²) in [5.41, 5.74) is 3.66. The molecule has 0 saturated heterocycles. The molecule has 0 aliphatic heterocycles. The van der Waals surface area contributed by atoms with Crippen LogP contribution in [0.15, 0.2) is 23.4 Å². The highest BCUT2D eigenvalue weighted by Gasteiger charge is 2.08. The van der Waals surface area contributed by atoms with Gasteiger partial charge in [0.25, 0.3) is 0 Å². The Morgan fingerprint density at radius 3 is 3.08 bits per heavy atom. The van der Waals surface area contributed by atoms with E-state index in [1.807, 2.05) is 0 Å². The molecule has 0 bridgehead atoms. The van der Waals surface area contributed by atoms with Crippen LogP contribution in [0, 0.1) is 6.92 Å². The van der Waals surface area contributed by atoms with E-state index in [9.17, 15) is 0 Å². The minimum absolute atomic E-state index is 1.09. The first-order valence-corrected chi connectivity index (χ1v) is 5.42. The van der Waals surface area contributed by atoms with Gasteiger partial charge in [-0.25, -0.2) is 9.97 Å². The van der Waals surface area contributed by atoms with Crippen LogP contribution in [0.3, 0.4) is 0 Å². The molecule has 0 spiro atoms. The van der Waals surface area contributed by atoms with Crippen LogP contribution in [0.5, 0.6) is 0 Å². The van der Waals surface area contributed by atoms with Crippen molar-refractivity contribution in [3.63, 3.8) is 0 Å². The Morgan fingerprint density at radius 1 is 1.46 bits per heavy atom. The minimum atomic E-state index is 1.09. The maximum absolute atomic E-state index is 3.34. The lowest BCUT2D eigenvalue weighted by molar-refractivity contribution is -0.396. The largest absolute Gasteiger partial charge is 0.314 e. The predicted molar refractivity (Wildman–Crippen MR) is 56.0 cm³/mol. The van der Waals surface area contributed by atoms with Crippen LogP contribution >= 0.6 is 11.8 Å². The Morgan fingerprint density at radius 2 is 2.31 bits per heavy atom. The second-order valence-corrected chi connectivity index (χ2v) is 4.34. The smallest absolute Gasteiger partial charge is 0.231 e.